The van der Waals surface area contributed by atoms with Crippen LogP contribution in [0.25, 0.3) is 0 Å². The highest BCUT2D eigenvalue weighted by molar-refractivity contribution is 5.74. The Morgan fingerprint density at radius 1 is 1.38 bits per heavy atom. The lowest BCUT2D eigenvalue weighted by Crippen LogP contribution is -2.48. The minimum Gasteiger partial charge on any atom is -0.480 e. The Labute approximate surface area is 79.0 Å². The van der Waals surface area contributed by atoms with Gasteiger partial charge in [-0.2, -0.15) is 0 Å². The summed E-state index contributed by atoms with van der Waals surface area (Å²) in [7, 11) is 0. The van der Waals surface area contributed by atoms with Gasteiger partial charge < -0.3 is 5.11 Å². The zero-order valence-corrected chi connectivity index (χ0v) is 8.45. The molecule has 0 amide bonds. The van der Waals surface area contributed by atoms with Gasteiger partial charge in [0.1, 0.15) is 6.04 Å². The SMILES string of the molecule is CC(C)(C)C(C(=O)O)N1CC=CC1. The molecule has 1 aliphatic heterocycles. The monoisotopic (exact) mass is 183 g/mol. The van der Waals surface area contributed by atoms with Gasteiger partial charge in [0.2, 0.25) is 0 Å². The molecule has 0 aromatic heterocycles. The van der Waals surface area contributed by atoms with Gasteiger partial charge in [0.15, 0.2) is 0 Å². The molecule has 3 heteroatoms. The van der Waals surface area contributed by atoms with Crippen LogP contribution < -0.4 is 0 Å². The first-order valence-electron chi connectivity index (χ1n) is 4.55. The predicted molar refractivity (Wildman–Crippen MR) is 51.6 cm³/mol. The number of carboxylic acid groups (broad SMARTS) is 1. The average molecular weight is 183 g/mol. The van der Waals surface area contributed by atoms with Crippen molar-refractivity contribution in [1.82, 2.24) is 4.90 Å². The summed E-state index contributed by atoms with van der Waals surface area (Å²) in [6.45, 7) is 7.40. The number of rotatable bonds is 2. The van der Waals surface area contributed by atoms with Gasteiger partial charge in [0.25, 0.3) is 0 Å². The van der Waals surface area contributed by atoms with E-state index in [1.165, 1.54) is 0 Å². The van der Waals surface area contributed by atoms with Crippen molar-refractivity contribution < 1.29 is 9.90 Å². The largest absolute Gasteiger partial charge is 0.480 e. The molecule has 1 unspecified atom stereocenters. The highest BCUT2D eigenvalue weighted by atomic mass is 16.4. The molecule has 1 heterocycles. The summed E-state index contributed by atoms with van der Waals surface area (Å²) >= 11 is 0. The lowest BCUT2D eigenvalue weighted by atomic mass is 9.86. The van der Waals surface area contributed by atoms with Crippen LogP contribution in [0.3, 0.4) is 0 Å². The number of nitrogens with zero attached hydrogens (tertiary/aromatic N) is 1. The first kappa shape index (κ1) is 10.3. The van der Waals surface area contributed by atoms with Crippen molar-refractivity contribution in [3.8, 4) is 0 Å². The fourth-order valence-corrected chi connectivity index (χ4v) is 1.78. The standard InChI is InChI=1S/C10H17NO2/c1-10(2,3)8(9(12)13)11-6-4-5-7-11/h4-5,8H,6-7H2,1-3H3,(H,12,13). The molecule has 74 valence electrons. The molecule has 3 nitrogen and oxygen atoms in total. The normalized spacial score (nSPS) is 20.5. The second-order valence-corrected chi connectivity index (χ2v) is 4.53. The van der Waals surface area contributed by atoms with Crippen molar-refractivity contribution in [2.75, 3.05) is 13.1 Å². The van der Waals surface area contributed by atoms with Gasteiger partial charge in [-0.1, -0.05) is 32.9 Å². The Kier molecular flexibility index (Phi) is 2.76. The first-order valence-corrected chi connectivity index (χ1v) is 4.55. The molecule has 0 aromatic carbocycles. The third-order valence-electron chi connectivity index (χ3n) is 2.27. The van der Waals surface area contributed by atoms with E-state index in [2.05, 4.69) is 0 Å². The molecule has 0 aromatic rings. The maximum Gasteiger partial charge on any atom is 0.321 e. The highest BCUT2D eigenvalue weighted by Crippen LogP contribution is 2.25. The fourth-order valence-electron chi connectivity index (χ4n) is 1.78. The smallest absolute Gasteiger partial charge is 0.321 e. The molecule has 0 spiro atoms. The minimum atomic E-state index is -0.726. The zero-order valence-electron chi connectivity index (χ0n) is 8.45. The van der Waals surface area contributed by atoms with Crippen LogP contribution in [0.5, 0.6) is 0 Å². The number of carboxylic acids is 1. The third kappa shape index (κ3) is 2.31. The summed E-state index contributed by atoms with van der Waals surface area (Å²) in [6.07, 6.45) is 4.03. The van der Waals surface area contributed by atoms with Gasteiger partial charge in [-0.05, 0) is 5.41 Å². The summed E-state index contributed by atoms with van der Waals surface area (Å²) in [5, 5.41) is 9.10. The Hall–Kier alpha value is -0.830. The molecule has 1 rings (SSSR count). The van der Waals surface area contributed by atoms with Crippen LogP contribution in [-0.4, -0.2) is 35.1 Å². The molecule has 1 atom stereocenters. The van der Waals surface area contributed by atoms with Gasteiger partial charge in [-0.15, -0.1) is 0 Å². The summed E-state index contributed by atoms with van der Waals surface area (Å²) < 4.78 is 0. The molecule has 0 radical (unpaired) electrons. The number of hydrogen-bond acceptors (Lipinski definition) is 2. The Bertz CT molecular complexity index is 220. The second-order valence-electron chi connectivity index (χ2n) is 4.53. The zero-order chi connectivity index (χ0) is 10.1. The minimum absolute atomic E-state index is 0.210. The number of carbonyl (C=O) groups is 1. The van der Waals surface area contributed by atoms with Crippen LogP contribution in [0, 0.1) is 5.41 Å². The van der Waals surface area contributed by atoms with Crippen molar-refractivity contribution in [2.24, 2.45) is 5.41 Å². The van der Waals surface area contributed by atoms with E-state index in [0.717, 1.165) is 13.1 Å². The van der Waals surface area contributed by atoms with E-state index in [1.807, 2.05) is 37.8 Å². The van der Waals surface area contributed by atoms with Crippen LogP contribution in [-0.2, 0) is 4.79 Å². The molecule has 0 bridgehead atoms. The van der Waals surface area contributed by atoms with Crippen molar-refractivity contribution in [1.29, 1.82) is 0 Å². The molecular formula is C10H17NO2. The molecule has 1 N–H and O–H groups in total. The summed E-state index contributed by atoms with van der Waals surface area (Å²) in [4.78, 5) is 13.0. The number of aliphatic carboxylic acids is 1. The average Bonchev–Trinajstić information content (AvgIpc) is 2.34. The van der Waals surface area contributed by atoms with Crippen molar-refractivity contribution in [2.45, 2.75) is 26.8 Å². The lowest BCUT2D eigenvalue weighted by Gasteiger charge is -2.34. The summed E-state index contributed by atoms with van der Waals surface area (Å²) in [5.74, 6) is -0.726. The van der Waals surface area contributed by atoms with Crippen molar-refractivity contribution >= 4 is 5.97 Å². The molecule has 13 heavy (non-hydrogen) atoms. The van der Waals surface area contributed by atoms with E-state index >= 15 is 0 Å². The van der Waals surface area contributed by atoms with Crippen LogP contribution in [0.2, 0.25) is 0 Å². The van der Waals surface area contributed by atoms with Gasteiger partial charge in [-0.3, -0.25) is 9.69 Å². The molecule has 0 saturated carbocycles. The summed E-state index contributed by atoms with van der Waals surface area (Å²) in [6, 6.07) is -0.387. The van der Waals surface area contributed by atoms with Gasteiger partial charge in [-0.25, -0.2) is 0 Å². The molecule has 1 aliphatic rings. The van der Waals surface area contributed by atoms with Gasteiger partial charge >= 0.3 is 5.97 Å². The van der Waals surface area contributed by atoms with Gasteiger partial charge in [0.05, 0.1) is 0 Å². The third-order valence-corrected chi connectivity index (χ3v) is 2.27. The predicted octanol–water partition coefficient (Wildman–Crippen LogP) is 1.36. The summed E-state index contributed by atoms with van der Waals surface area (Å²) in [5.41, 5.74) is -0.210. The second kappa shape index (κ2) is 3.50. The van der Waals surface area contributed by atoms with E-state index in [9.17, 15) is 4.79 Å². The quantitative estimate of drug-likeness (QED) is 0.657. The maximum atomic E-state index is 11.1. The van der Waals surface area contributed by atoms with E-state index in [1.54, 1.807) is 0 Å². The lowest BCUT2D eigenvalue weighted by molar-refractivity contribution is -0.146. The molecule has 0 saturated heterocycles. The van der Waals surface area contributed by atoms with Crippen LogP contribution in [0.1, 0.15) is 20.8 Å². The molecule has 0 aliphatic carbocycles. The van der Waals surface area contributed by atoms with Crippen molar-refractivity contribution in [3.63, 3.8) is 0 Å². The molecular weight excluding hydrogens is 166 g/mol. The van der Waals surface area contributed by atoms with Crippen molar-refractivity contribution in [3.05, 3.63) is 12.2 Å². The highest BCUT2D eigenvalue weighted by Gasteiger charge is 2.36. The van der Waals surface area contributed by atoms with Gasteiger partial charge in [0, 0.05) is 13.1 Å². The maximum absolute atomic E-state index is 11.1. The number of hydrogen-bond donors (Lipinski definition) is 1. The van der Waals surface area contributed by atoms with E-state index in [0.29, 0.717) is 0 Å². The molecule has 0 fully saturated rings. The van der Waals surface area contributed by atoms with E-state index in [4.69, 9.17) is 5.11 Å². The Morgan fingerprint density at radius 2 is 1.85 bits per heavy atom. The first-order chi connectivity index (χ1) is 5.93. The Morgan fingerprint density at radius 3 is 2.15 bits per heavy atom. The van der Waals surface area contributed by atoms with E-state index in [-0.39, 0.29) is 11.5 Å². The van der Waals surface area contributed by atoms with Crippen LogP contribution in [0.4, 0.5) is 0 Å². The fraction of sp³-hybridized carbons (Fsp3) is 0.700. The van der Waals surface area contributed by atoms with E-state index < -0.39 is 5.97 Å². The topological polar surface area (TPSA) is 40.5 Å². The Balaban J connectivity index is 2.74. The van der Waals surface area contributed by atoms with Crippen LogP contribution >= 0.6 is 0 Å². The van der Waals surface area contributed by atoms with Crippen LogP contribution in [0.15, 0.2) is 12.2 Å².